The van der Waals surface area contributed by atoms with E-state index in [0.717, 1.165) is 13.1 Å². The summed E-state index contributed by atoms with van der Waals surface area (Å²) in [5, 5.41) is 2.76. The van der Waals surface area contributed by atoms with Gasteiger partial charge < -0.3 is 20.7 Å². The van der Waals surface area contributed by atoms with Crippen molar-refractivity contribution in [2.24, 2.45) is 11.7 Å². The second kappa shape index (κ2) is 5.01. The van der Waals surface area contributed by atoms with E-state index in [-0.39, 0.29) is 12.1 Å². The molecule has 0 aromatic carbocycles. The Morgan fingerprint density at radius 1 is 1.50 bits per heavy atom. The van der Waals surface area contributed by atoms with Crippen molar-refractivity contribution in [1.29, 1.82) is 0 Å². The molecular weight excluding hydrogens is 206 g/mol. The van der Waals surface area contributed by atoms with Crippen LogP contribution in [0.1, 0.15) is 20.8 Å². The van der Waals surface area contributed by atoms with Gasteiger partial charge in [-0.3, -0.25) is 0 Å². The van der Waals surface area contributed by atoms with Gasteiger partial charge in [0.25, 0.3) is 0 Å². The first-order valence-corrected chi connectivity index (χ1v) is 5.69. The number of rotatable bonds is 2. The SMILES string of the molecule is CN1C[C@@H](CNC(=O)OC(C)(C)C)[C@H](N)C1. The average molecular weight is 229 g/mol. The molecule has 0 unspecified atom stereocenters. The molecule has 94 valence electrons. The Kier molecular flexibility index (Phi) is 4.15. The average Bonchev–Trinajstić information content (AvgIpc) is 2.38. The summed E-state index contributed by atoms with van der Waals surface area (Å²) < 4.78 is 5.16. The molecule has 1 heterocycles. The third-order valence-electron chi connectivity index (χ3n) is 2.58. The largest absolute Gasteiger partial charge is 0.444 e. The first-order chi connectivity index (χ1) is 7.28. The van der Waals surface area contributed by atoms with Crippen molar-refractivity contribution < 1.29 is 9.53 Å². The van der Waals surface area contributed by atoms with Crippen LogP contribution in [0.2, 0.25) is 0 Å². The Bertz CT molecular complexity index is 250. The van der Waals surface area contributed by atoms with Gasteiger partial charge in [0.1, 0.15) is 5.60 Å². The molecule has 1 saturated heterocycles. The van der Waals surface area contributed by atoms with Crippen LogP contribution in [0.15, 0.2) is 0 Å². The van der Waals surface area contributed by atoms with Crippen LogP contribution in [0, 0.1) is 5.92 Å². The van der Waals surface area contributed by atoms with Crippen molar-refractivity contribution in [3.05, 3.63) is 0 Å². The molecule has 1 amide bonds. The lowest BCUT2D eigenvalue weighted by Gasteiger charge is -2.21. The van der Waals surface area contributed by atoms with Gasteiger partial charge >= 0.3 is 6.09 Å². The summed E-state index contributed by atoms with van der Waals surface area (Å²) in [5.41, 5.74) is 5.50. The quantitative estimate of drug-likeness (QED) is 0.719. The predicted octanol–water partition coefficient (Wildman–Crippen LogP) is 0.400. The zero-order valence-electron chi connectivity index (χ0n) is 10.6. The summed E-state index contributed by atoms with van der Waals surface area (Å²) in [7, 11) is 2.04. The van der Waals surface area contributed by atoms with Crippen LogP contribution in [-0.4, -0.2) is 49.3 Å². The lowest BCUT2D eigenvalue weighted by Crippen LogP contribution is -2.40. The fourth-order valence-electron chi connectivity index (χ4n) is 1.86. The van der Waals surface area contributed by atoms with Crippen LogP contribution >= 0.6 is 0 Å². The van der Waals surface area contributed by atoms with E-state index in [9.17, 15) is 4.79 Å². The van der Waals surface area contributed by atoms with Gasteiger partial charge in [-0.25, -0.2) is 4.79 Å². The maximum atomic E-state index is 11.4. The van der Waals surface area contributed by atoms with E-state index in [0.29, 0.717) is 12.5 Å². The third-order valence-corrected chi connectivity index (χ3v) is 2.58. The fraction of sp³-hybridized carbons (Fsp3) is 0.909. The highest BCUT2D eigenvalue weighted by atomic mass is 16.6. The van der Waals surface area contributed by atoms with E-state index in [1.165, 1.54) is 0 Å². The van der Waals surface area contributed by atoms with Crippen LogP contribution in [0.25, 0.3) is 0 Å². The molecule has 1 fully saturated rings. The number of alkyl carbamates (subject to hydrolysis) is 1. The molecule has 0 spiro atoms. The van der Waals surface area contributed by atoms with Crippen molar-refractivity contribution >= 4 is 6.09 Å². The van der Waals surface area contributed by atoms with Gasteiger partial charge in [-0.2, -0.15) is 0 Å². The molecule has 0 aliphatic carbocycles. The van der Waals surface area contributed by atoms with Crippen molar-refractivity contribution in [3.8, 4) is 0 Å². The molecule has 3 N–H and O–H groups in total. The molecular formula is C11H23N3O2. The molecule has 0 radical (unpaired) electrons. The Morgan fingerprint density at radius 2 is 2.12 bits per heavy atom. The number of amides is 1. The number of hydrogen-bond acceptors (Lipinski definition) is 4. The smallest absolute Gasteiger partial charge is 0.407 e. The van der Waals surface area contributed by atoms with E-state index >= 15 is 0 Å². The van der Waals surface area contributed by atoms with Gasteiger partial charge in [-0.05, 0) is 27.8 Å². The molecule has 2 atom stereocenters. The third kappa shape index (κ3) is 4.37. The predicted molar refractivity (Wildman–Crippen MR) is 63.2 cm³/mol. The maximum absolute atomic E-state index is 11.4. The number of ether oxygens (including phenoxy) is 1. The number of carbonyl (C=O) groups is 1. The van der Waals surface area contributed by atoms with Gasteiger partial charge in [-0.15, -0.1) is 0 Å². The minimum absolute atomic E-state index is 0.139. The monoisotopic (exact) mass is 229 g/mol. The van der Waals surface area contributed by atoms with Crippen LogP contribution in [0.5, 0.6) is 0 Å². The molecule has 0 saturated carbocycles. The minimum Gasteiger partial charge on any atom is -0.444 e. The van der Waals surface area contributed by atoms with Crippen LogP contribution in [-0.2, 0) is 4.74 Å². The molecule has 1 aliphatic rings. The highest BCUT2D eigenvalue weighted by Gasteiger charge is 2.28. The number of nitrogens with zero attached hydrogens (tertiary/aromatic N) is 1. The van der Waals surface area contributed by atoms with Gasteiger partial charge in [0.2, 0.25) is 0 Å². The molecule has 5 nitrogen and oxygen atoms in total. The summed E-state index contributed by atoms with van der Waals surface area (Å²) in [6, 6.07) is 0.139. The minimum atomic E-state index is -0.446. The first-order valence-electron chi connectivity index (χ1n) is 5.69. The van der Waals surface area contributed by atoms with E-state index in [4.69, 9.17) is 10.5 Å². The number of likely N-dealkylation sites (N-methyl/N-ethyl adjacent to an activating group) is 1. The van der Waals surface area contributed by atoms with Gasteiger partial charge in [0, 0.05) is 31.6 Å². The Hall–Kier alpha value is -0.810. The second-order valence-electron chi connectivity index (χ2n) is 5.53. The van der Waals surface area contributed by atoms with E-state index < -0.39 is 5.60 Å². The van der Waals surface area contributed by atoms with Gasteiger partial charge in [0.05, 0.1) is 0 Å². The standard InChI is InChI=1S/C11H23N3O2/c1-11(2,3)16-10(15)13-5-8-6-14(4)7-9(8)12/h8-9H,5-7,12H2,1-4H3,(H,13,15)/t8-,9-/m1/s1. The summed E-state index contributed by atoms with van der Waals surface area (Å²) in [5.74, 6) is 0.317. The molecule has 0 aromatic rings. The molecule has 1 aliphatic heterocycles. The normalized spacial score (nSPS) is 26.8. The number of likely N-dealkylation sites (tertiary alicyclic amines) is 1. The van der Waals surface area contributed by atoms with Crippen molar-refractivity contribution in [2.75, 3.05) is 26.7 Å². The summed E-state index contributed by atoms with van der Waals surface area (Å²) in [6.07, 6.45) is -0.366. The molecule has 0 aromatic heterocycles. The summed E-state index contributed by atoms with van der Waals surface area (Å²) >= 11 is 0. The number of hydrogen-bond donors (Lipinski definition) is 2. The van der Waals surface area contributed by atoms with Crippen molar-refractivity contribution in [3.63, 3.8) is 0 Å². The van der Waals surface area contributed by atoms with E-state index in [1.807, 2.05) is 27.8 Å². The zero-order valence-corrected chi connectivity index (χ0v) is 10.6. The van der Waals surface area contributed by atoms with Gasteiger partial charge in [-0.1, -0.05) is 0 Å². The lowest BCUT2D eigenvalue weighted by atomic mass is 10.1. The zero-order chi connectivity index (χ0) is 12.3. The Labute approximate surface area is 97.3 Å². The number of carbonyl (C=O) groups excluding carboxylic acids is 1. The molecule has 0 bridgehead atoms. The number of nitrogens with one attached hydrogen (secondary N) is 1. The highest BCUT2D eigenvalue weighted by molar-refractivity contribution is 5.67. The summed E-state index contributed by atoms with van der Waals surface area (Å²) in [4.78, 5) is 13.6. The Balaban J connectivity index is 2.27. The van der Waals surface area contributed by atoms with E-state index in [1.54, 1.807) is 0 Å². The van der Waals surface area contributed by atoms with Crippen molar-refractivity contribution in [2.45, 2.75) is 32.4 Å². The number of nitrogens with two attached hydrogens (primary N) is 1. The van der Waals surface area contributed by atoms with E-state index in [2.05, 4.69) is 10.2 Å². The van der Waals surface area contributed by atoms with Gasteiger partial charge in [0.15, 0.2) is 0 Å². The lowest BCUT2D eigenvalue weighted by molar-refractivity contribution is 0.0519. The highest BCUT2D eigenvalue weighted by Crippen LogP contribution is 2.13. The van der Waals surface area contributed by atoms with Crippen molar-refractivity contribution in [1.82, 2.24) is 10.2 Å². The molecule has 16 heavy (non-hydrogen) atoms. The van der Waals surface area contributed by atoms with Crippen LogP contribution < -0.4 is 11.1 Å². The first kappa shape index (κ1) is 13.3. The van der Waals surface area contributed by atoms with Crippen LogP contribution in [0.3, 0.4) is 0 Å². The topological polar surface area (TPSA) is 67.6 Å². The maximum Gasteiger partial charge on any atom is 0.407 e. The Morgan fingerprint density at radius 3 is 2.56 bits per heavy atom. The fourth-order valence-corrected chi connectivity index (χ4v) is 1.86. The summed E-state index contributed by atoms with van der Waals surface area (Å²) in [6.45, 7) is 7.95. The van der Waals surface area contributed by atoms with Crippen LogP contribution in [0.4, 0.5) is 4.79 Å². The molecule has 5 heteroatoms. The molecule has 1 rings (SSSR count). The second-order valence-corrected chi connectivity index (χ2v) is 5.53.